The normalized spacial score (nSPS) is 11.7. The molecule has 0 saturated heterocycles. The van der Waals surface area contributed by atoms with Gasteiger partial charge in [0.25, 0.3) is 0 Å². The minimum absolute atomic E-state index is 0.00667. The van der Waals surface area contributed by atoms with E-state index < -0.39 is 20.0 Å². The van der Waals surface area contributed by atoms with Gasteiger partial charge in [-0.2, -0.15) is 0 Å². The van der Waals surface area contributed by atoms with Crippen LogP contribution >= 0.6 is 0 Å². The lowest BCUT2D eigenvalue weighted by molar-refractivity contribution is 0.597. The monoisotopic (exact) mass is 495 g/mol. The second-order valence-electron chi connectivity index (χ2n) is 7.38. The van der Waals surface area contributed by atoms with Gasteiger partial charge in [-0.25, -0.2) is 31.9 Å². The van der Waals surface area contributed by atoms with Crippen molar-refractivity contribution in [3.63, 3.8) is 0 Å². The van der Waals surface area contributed by atoms with Crippen LogP contribution in [-0.4, -0.2) is 26.8 Å². The molecule has 0 spiro atoms. The van der Waals surface area contributed by atoms with E-state index in [0.29, 0.717) is 28.6 Å². The Morgan fingerprint density at radius 3 is 2.06 bits per heavy atom. The lowest BCUT2D eigenvalue weighted by Gasteiger charge is -2.10. The molecular formula is C23H21N5O4S2. The summed E-state index contributed by atoms with van der Waals surface area (Å²) in [6.07, 6.45) is 1.58. The summed E-state index contributed by atoms with van der Waals surface area (Å²) in [5, 5.41) is 8.12. The van der Waals surface area contributed by atoms with Gasteiger partial charge in [-0.05, 0) is 48.0 Å². The molecule has 0 aliphatic heterocycles. The maximum atomic E-state index is 12.4. The number of nitrogens with two attached hydrogens (primary N) is 1. The van der Waals surface area contributed by atoms with Crippen LogP contribution < -0.4 is 15.2 Å². The molecule has 1 heterocycles. The number of hydrogen-bond donors (Lipinski definition) is 3. The minimum atomic E-state index is -3.77. The van der Waals surface area contributed by atoms with E-state index >= 15 is 0 Å². The fourth-order valence-electron chi connectivity index (χ4n) is 3.16. The van der Waals surface area contributed by atoms with Crippen LogP contribution in [0.1, 0.15) is 5.56 Å². The van der Waals surface area contributed by atoms with E-state index in [-0.39, 0.29) is 10.6 Å². The van der Waals surface area contributed by atoms with Gasteiger partial charge in [-0.15, -0.1) is 0 Å². The predicted molar refractivity (Wildman–Crippen MR) is 131 cm³/mol. The number of hydrogen-bond acceptors (Lipinski definition) is 7. The van der Waals surface area contributed by atoms with E-state index in [1.54, 1.807) is 72.9 Å². The third-order valence-corrected chi connectivity index (χ3v) is 6.94. The smallest absolute Gasteiger partial charge is 0.238 e. The van der Waals surface area contributed by atoms with Crippen molar-refractivity contribution in [2.75, 3.05) is 10.0 Å². The highest BCUT2D eigenvalue weighted by Gasteiger charge is 2.12. The summed E-state index contributed by atoms with van der Waals surface area (Å²) in [7, 11) is -7.32. The molecule has 1 aromatic heterocycles. The minimum Gasteiger partial charge on any atom is -0.324 e. The van der Waals surface area contributed by atoms with Gasteiger partial charge >= 0.3 is 0 Å². The molecular weight excluding hydrogens is 474 g/mol. The third kappa shape index (κ3) is 6.16. The van der Waals surface area contributed by atoms with Gasteiger partial charge in [0.05, 0.1) is 16.3 Å². The summed E-state index contributed by atoms with van der Waals surface area (Å²) in [6.45, 7) is 0. The van der Waals surface area contributed by atoms with Gasteiger partial charge < -0.3 is 5.32 Å². The average Bonchev–Trinajstić information content (AvgIpc) is 2.80. The molecule has 0 aliphatic carbocycles. The molecule has 4 aromatic rings. The summed E-state index contributed by atoms with van der Waals surface area (Å²) in [5.74, 6) is 0.197. The summed E-state index contributed by atoms with van der Waals surface area (Å²) < 4.78 is 50.2. The highest BCUT2D eigenvalue weighted by atomic mass is 32.2. The van der Waals surface area contributed by atoms with Gasteiger partial charge in [0.15, 0.2) is 0 Å². The fourth-order valence-corrected chi connectivity index (χ4v) is 4.87. The second-order valence-corrected chi connectivity index (χ2v) is 10.7. The highest BCUT2D eigenvalue weighted by Crippen LogP contribution is 2.23. The van der Waals surface area contributed by atoms with Crippen LogP contribution in [0, 0.1) is 0 Å². The zero-order valence-corrected chi connectivity index (χ0v) is 19.4. The van der Waals surface area contributed by atoms with E-state index in [2.05, 4.69) is 20.0 Å². The standard InChI is InChI=1S/C23H21N5O4S2/c24-34(31,32)21-12-10-19(11-13-21)26-23-25-15-14-22(27-23)18-6-8-20(9-7-18)28-33(29,30)16-17-4-2-1-3-5-17/h1-15,28H,16H2,(H2,24,31,32)(H,25,26,27). The Bertz CT molecular complexity index is 1490. The van der Waals surface area contributed by atoms with Crippen molar-refractivity contribution in [1.82, 2.24) is 9.97 Å². The Balaban J connectivity index is 1.45. The van der Waals surface area contributed by atoms with E-state index in [0.717, 1.165) is 5.56 Å². The number of sulfonamides is 2. The third-order valence-electron chi connectivity index (χ3n) is 4.75. The average molecular weight is 496 g/mol. The molecule has 174 valence electrons. The molecule has 11 heteroatoms. The van der Waals surface area contributed by atoms with Gasteiger partial charge in [-0.3, -0.25) is 4.72 Å². The van der Waals surface area contributed by atoms with Crippen molar-refractivity contribution in [2.45, 2.75) is 10.6 Å². The van der Waals surface area contributed by atoms with Crippen LogP contribution in [0.25, 0.3) is 11.3 Å². The van der Waals surface area contributed by atoms with Crippen LogP contribution in [0.15, 0.2) is 96.0 Å². The quantitative estimate of drug-likeness (QED) is 0.339. The maximum absolute atomic E-state index is 12.4. The SMILES string of the molecule is NS(=O)(=O)c1ccc(Nc2nccc(-c3ccc(NS(=O)(=O)Cc4ccccc4)cc3)n2)cc1. The Morgan fingerprint density at radius 2 is 1.41 bits per heavy atom. The van der Waals surface area contributed by atoms with Crippen molar-refractivity contribution in [1.29, 1.82) is 0 Å². The van der Waals surface area contributed by atoms with E-state index in [4.69, 9.17) is 5.14 Å². The van der Waals surface area contributed by atoms with Crippen LogP contribution in [0.3, 0.4) is 0 Å². The first-order valence-corrected chi connectivity index (χ1v) is 13.3. The highest BCUT2D eigenvalue weighted by molar-refractivity contribution is 7.91. The largest absolute Gasteiger partial charge is 0.324 e. The van der Waals surface area contributed by atoms with Crippen LogP contribution in [0.4, 0.5) is 17.3 Å². The van der Waals surface area contributed by atoms with Crippen LogP contribution in [0.2, 0.25) is 0 Å². The van der Waals surface area contributed by atoms with Crippen molar-refractivity contribution in [3.8, 4) is 11.3 Å². The molecule has 0 radical (unpaired) electrons. The summed E-state index contributed by atoms with van der Waals surface area (Å²) in [6, 6.07) is 23.4. The van der Waals surface area contributed by atoms with E-state index in [9.17, 15) is 16.8 Å². The Labute approximate surface area is 197 Å². The number of nitrogens with zero attached hydrogens (tertiary/aromatic N) is 2. The first-order valence-electron chi connectivity index (χ1n) is 10.1. The number of benzene rings is 3. The molecule has 3 aromatic carbocycles. The van der Waals surface area contributed by atoms with E-state index in [1.165, 1.54) is 12.1 Å². The lowest BCUT2D eigenvalue weighted by Crippen LogP contribution is -2.14. The molecule has 34 heavy (non-hydrogen) atoms. The molecule has 0 saturated carbocycles. The maximum Gasteiger partial charge on any atom is 0.238 e. The molecule has 0 bridgehead atoms. The first-order chi connectivity index (χ1) is 16.2. The molecule has 4 N–H and O–H groups in total. The Morgan fingerprint density at radius 1 is 0.765 bits per heavy atom. The predicted octanol–water partition coefficient (Wildman–Crippen LogP) is 3.48. The zero-order valence-electron chi connectivity index (χ0n) is 17.8. The summed E-state index contributed by atoms with van der Waals surface area (Å²) >= 11 is 0. The lowest BCUT2D eigenvalue weighted by atomic mass is 10.1. The second kappa shape index (κ2) is 9.59. The van der Waals surface area contributed by atoms with E-state index in [1.807, 2.05) is 6.07 Å². The molecule has 0 amide bonds. The summed E-state index contributed by atoms with van der Waals surface area (Å²) in [5.41, 5.74) is 3.13. The van der Waals surface area contributed by atoms with Crippen LogP contribution in [0.5, 0.6) is 0 Å². The van der Waals surface area contributed by atoms with Crippen molar-refractivity contribution >= 4 is 37.4 Å². The molecule has 0 fully saturated rings. The van der Waals surface area contributed by atoms with Gasteiger partial charge in [0, 0.05) is 23.1 Å². The summed E-state index contributed by atoms with van der Waals surface area (Å²) in [4.78, 5) is 8.65. The zero-order chi connectivity index (χ0) is 24.2. The Kier molecular flexibility index (Phi) is 6.59. The van der Waals surface area contributed by atoms with Crippen molar-refractivity contribution < 1.29 is 16.8 Å². The van der Waals surface area contributed by atoms with Crippen molar-refractivity contribution in [3.05, 3.63) is 96.7 Å². The van der Waals surface area contributed by atoms with Crippen LogP contribution in [-0.2, 0) is 25.8 Å². The molecule has 0 unspecified atom stereocenters. The topological polar surface area (TPSA) is 144 Å². The Hall–Kier alpha value is -3.80. The number of anilines is 3. The molecule has 9 nitrogen and oxygen atoms in total. The fraction of sp³-hybridized carbons (Fsp3) is 0.0435. The molecule has 4 rings (SSSR count). The number of nitrogens with one attached hydrogen (secondary N) is 2. The first kappa shape index (κ1) is 23.4. The molecule has 0 atom stereocenters. The number of rotatable bonds is 8. The van der Waals surface area contributed by atoms with Gasteiger partial charge in [0.1, 0.15) is 0 Å². The van der Waals surface area contributed by atoms with Crippen molar-refractivity contribution in [2.24, 2.45) is 5.14 Å². The molecule has 0 aliphatic rings. The van der Waals surface area contributed by atoms with Gasteiger partial charge in [-0.1, -0.05) is 42.5 Å². The van der Waals surface area contributed by atoms with Gasteiger partial charge in [0.2, 0.25) is 26.0 Å². The number of primary sulfonamides is 1. The number of aromatic nitrogens is 2.